The molecule has 4 N–H and O–H groups in total. The van der Waals surface area contributed by atoms with Crippen molar-refractivity contribution in [2.75, 3.05) is 6.54 Å². The molecule has 4 atom stereocenters. The summed E-state index contributed by atoms with van der Waals surface area (Å²) in [5.41, 5.74) is 4.21. The largest absolute Gasteiger partial charge is 0.481 e. The first-order valence-electron chi connectivity index (χ1n) is 18.1. The van der Waals surface area contributed by atoms with E-state index in [-0.39, 0.29) is 43.1 Å². The second kappa shape index (κ2) is 19.8. The zero-order valence-corrected chi connectivity index (χ0v) is 30.9. The van der Waals surface area contributed by atoms with Gasteiger partial charge in [-0.25, -0.2) is 4.98 Å². The van der Waals surface area contributed by atoms with Gasteiger partial charge in [-0.3, -0.25) is 19.2 Å². The van der Waals surface area contributed by atoms with E-state index in [1.165, 1.54) is 17.7 Å². The topological polar surface area (TPSA) is 149 Å². The molecular weight excluding hydrogens is 641 g/mol. The number of nitrogens with zero attached hydrogens (tertiary/aromatic N) is 2. The number of aliphatic carboxylic acids is 1. The number of aliphatic hydroxyl groups is 1. The molecule has 1 aliphatic rings. The van der Waals surface area contributed by atoms with Crippen LogP contribution in [0.2, 0.25) is 0 Å². The predicted octanol–water partition coefficient (Wildman–Crippen LogP) is 6.94. The summed E-state index contributed by atoms with van der Waals surface area (Å²) in [7, 11) is 0. The Hall–Kier alpha value is -3.31. The summed E-state index contributed by atoms with van der Waals surface area (Å²) in [5, 5.41) is 25.2. The Bertz CT molecular complexity index is 1350. The highest BCUT2D eigenvalue weighted by Crippen LogP contribution is 2.29. The molecule has 49 heavy (non-hydrogen) atoms. The normalized spacial score (nSPS) is 17.5. The third-order valence-corrected chi connectivity index (χ3v) is 10.3. The number of β-amino-alcohol motifs (C(OH)–C–C–N with tert-alkyl or cyclic N) is 1. The average molecular weight is 699 g/mol. The number of aliphatic hydroxyl groups excluding tert-OH is 1. The SMILES string of the molecule is Cc1ncsc1-c1ccc(C(C)NC(=O)C2C[C@@H](O)CN2C(=O)[C@@H](NC(=O)CCCCCCCCCCCCCC(=O)O)C(C)(C)C)cc1. The average Bonchev–Trinajstić information content (AvgIpc) is 3.66. The Morgan fingerprint density at radius 3 is 1.96 bits per heavy atom. The lowest BCUT2D eigenvalue weighted by atomic mass is 9.85. The van der Waals surface area contributed by atoms with E-state index in [1.807, 2.05) is 64.4 Å². The van der Waals surface area contributed by atoms with Crippen LogP contribution in [0.4, 0.5) is 0 Å². The highest BCUT2D eigenvalue weighted by Gasteiger charge is 2.44. The van der Waals surface area contributed by atoms with Crippen molar-refractivity contribution in [2.24, 2.45) is 5.41 Å². The van der Waals surface area contributed by atoms with Crippen molar-refractivity contribution in [2.45, 2.75) is 149 Å². The number of carbonyl (C=O) groups excluding carboxylic acids is 3. The molecular formula is C38H58N4O6S. The fraction of sp³-hybridized carbons (Fsp3) is 0.658. The van der Waals surface area contributed by atoms with E-state index in [2.05, 4.69) is 15.6 Å². The van der Waals surface area contributed by atoms with Crippen LogP contribution in [0.5, 0.6) is 0 Å². The number of likely N-dealkylation sites (tertiary alicyclic amines) is 1. The quantitative estimate of drug-likeness (QED) is 0.109. The maximum Gasteiger partial charge on any atom is 0.303 e. The number of rotatable bonds is 20. The summed E-state index contributed by atoms with van der Waals surface area (Å²) in [5.74, 6) is -1.57. The van der Waals surface area contributed by atoms with Gasteiger partial charge in [0.25, 0.3) is 0 Å². The van der Waals surface area contributed by atoms with E-state index < -0.39 is 29.6 Å². The minimum absolute atomic E-state index is 0.0430. The minimum Gasteiger partial charge on any atom is -0.481 e. The van der Waals surface area contributed by atoms with Gasteiger partial charge < -0.3 is 25.7 Å². The number of hydrogen-bond acceptors (Lipinski definition) is 7. The highest BCUT2D eigenvalue weighted by molar-refractivity contribution is 7.13. The summed E-state index contributed by atoms with van der Waals surface area (Å²) >= 11 is 1.59. The van der Waals surface area contributed by atoms with Crippen LogP contribution in [0.25, 0.3) is 10.4 Å². The van der Waals surface area contributed by atoms with Crippen molar-refractivity contribution >= 4 is 35.0 Å². The zero-order chi connectivity index (χ0) is 36.0. The number of benzene rings is 1. The standard InChI is InChI=1S/C38H58N4O6S/c1-26(28-19-21-29(22-20-28)34-27(2)39-25-49-34)40-36(47)31-23-30(43)24-42(31)37(48)35(38(3,4)5)41-32(44)17-15-13-11-9-7-6-8-10-12-14-16-18-33(45)46/h19-22,25-26,30-31,35,43H,6-18,23-24H2,1-5H3,(H,40,47)(H,41,44)(H,45,46)/t26?,30-,31?,35-/m1/s1. The van der Waals surface area contributed by atoms with Gasteiger partial charge in [-0.2, -0.15) is 0 Å². The molecule has 1 aromatic carbocycles. The van der Waals surface area contributed by atoms with Crippen molar-refractivity contribution in [3.05, 3.63) is 41.0 Å². The van der Waals surface area contributed by atoms with Crippen LogP contribution in [0.15, 0.2) is 29.8 Å². The van der Waals surface area contributed by atoms with Gasteiger partial charge in [0.2, 0.25) is 17.7 Å². The Morgan fingerprint density at radius 2 is 1.45 bits per heavy atom. The number of carbonyl (C=O) groups is 4. The van der Waals surface area contributed by atoms with Gasteiger partial charge in [0.1, 0.15) is 12.1 Å². The molecule has 0 aliphatic carbocycles. The number of nitrogens with one attached hydrogen (secondary N) is 2. The van der Waals surface area contributed by atoms with Gasteiger partial charge in [0.15, 0.2) is 0 Å². The van der Waals surface area contributed by atoms with Crippen molar-refractivity contribution in [1.29, 1.82) is 0 Å². The molecule has 1 aromatic heterocycles. The zero-order valence-electron chi connectivity index (χ0n) is 30.1. The summed E-state index contributed by atoms with van der Waals surface area (Å²) < 4.78 is 0. The van der Waals surface area contributed by atoms with Crippen LogP contribution < -0.4 is 10.6 Å². The number of carboxylic acid groups (broad SMARTS) is 1. The fourth-order valence-electron chi connectivity index (χ4n) is 6.40. The highest BCUT2D eigenvalue weighted by atomic mass is 32.1. The molecule has 0 bridgehead atoms. The van der Waals surface area contributed by atoms with Crippen LogP contribution in [0.1, 0.15) is 135 Å². The number of aryl methyl sites for hydroxylation is 1. The van der Waals surface area contributed by atoms with Crippen LogP contribution in [-0.4, -0.2) is 68.5 Å². The maximum atomic E-state index is 13.9. The number of carboxylic acids is 1. The molecule has 0 saturated carbocycles. The molecule has 1 aliphatic heterocycles. The number of unbranched alkanes of at least 4 members (excludes halogenated alkanes) is 10. The van der Waals surface area contributed by atoms with Gasteiger partial charge in [-0.1, -0.05) is 103 Å². The molecule has 11 heteroatoms. The Labute approximate surface area is 296 Å². The second-order valence-electron chi connectivity index (χ2n) is 14.7. The first-order valence-corrected chi connectivity index (χ1v) is 19.0. The van der Waals surface area contributed by atoms with E-state index in [9.17, 15) is 24.3 Å². The third-order valence-electron chi connectivity index (χ3n) is 9.35. The van der Waals surface area contributed by atoms with E-state index in [0.29, 0.717) is 6.42 Å². The minimum atomic E-state index is -0.831. The van der Waals surface area contributed by atoms with Crippen molar-refractivity contribution in [3.8, 4) is 10.4 Å². The predicted molar refractivity (Wildman–Crippen MR) is 194 cm³/mol. The van der Waals surface area contributed by atoms with Gasteiger partial charge in [-0.15, -0.1) is 11.3 Å². The molecule has 3 amide bonds. The molecule has 3 rings (SSSR count). The summed E-state index contributed by atoms with van der Waals surface area (Å²) in [6, 6.07) is 6.03. The Kier molecular flexibility index (Phi) is 16.2. The van der Waals surface area contributed by atoms with E-state index >= 15 is 0 Å². The van der Waals surface area contributed by atoms with Gasteiger partial charge in [-0.05, 0) is 43.2 Å². The molecule has 1 fully saturated rings. The first kappa shape index (κ1) is 40.1. The lowest BCUT2D eigenvalue weighted by Gasteiger charge is -2.35. The van der Waals surface area contributed by atoms with Crippen molar-refractivity contribution < 1.29 is 29.4 Å². The maximum absolute atomic E-state index is 13.9. The molecule has 272 valence electrons. The Balaban J connectivity index is 1.44. The van der Waals surface area contributed by atoms with Crippen LogP contribution >= 0.6 is 11.3 Å². The number of amides is 3. The third kappa shape index (κ3) is 13.2. The second-order valence-corrected chi connectivity index (χ2v) is 15.5. The number of hydrogen-bond donors (Lipinski definition) is 4. The van der Waals surface area contributed by atoms with Crippen LogP contribution in [-0.2, 0) is 19.2 Å². The van der Waals surface area contributed by atoms with E-state index in [1.54, 1.807) is 11.3 Å². The smallest absolute Gasteiger partial charge is 0.303 e. The molecule has 2 aromatic rings. The summed E-state index contributed by atoms with van der Waals surface area (Å²) in [6.07, 6.45) is 11.3. The van der Waals surface area contributed by atoms with Crippen LogP contribution in [0.3, 0.4) is 0 Å². The Morgan fingerprint density at radius 1 is 0.898 bits per heavy atom. The molecule has 2 heterocycles. The molecule has 0 spiro atoms. The molecule has 2 unspecified atom stereocenters. The van der Waals surface area contributed by atoms with E-state index in [0.717, 1.165) is 79.5 Å². The first-order chi connectivity index (χ1) is 23.3. The van der Waals surface area contributed by atoms with Crippen molar-refractivity contribution in [3.63, 3.8) is 0 Å². The molecule has 0 radical (unpaired) electrons. The molecule has 10 nitrogen and oxygen atoms in total. The fourth-order valence-corrected chi connectivity index (χ4v) is 7.21. The van der Waals surface area contributed by atoms with Gasteiger partial charge in [0.05, 0.1) is 28.2 Å². The summed E-state index contributed by atoms with van der Waals surface area (Å²) in [4.78, 5) is 57.9. The monoisotopic (exact) mass is 698 g/mol. The number of aromatic nitrogens is 1. The molecule has 1 saturated heterocycles. The van der Waals surface area contributed by atoms with Gasteiger partial charge >= 0.3 is 5.97 Å². The number of thiazole rings is 1. The van der Waals surface area contributed by atoms with E-state index in [4.69, 9.17) is 5.11 Å². The summed E-state index contributed by atoms with van der Waals surface area (Å²) in [6.45, 7) is 9.61. The lowest BCUT2D eigenvalue weighted by molar-refractivity contribution is -0.144. The lowest BCUT2D eigenvalue weighted by Crippen LogP contribution is -2.57. The van der Waals surface area contributed by atoms with Gasteiger partial charge in [0, 0.05) is 25.8 Å². The van der Waals surface area contributed by atoms with Crippen molar-refractivity contribution in [1.82, 2.24) is 20.5 Å². The van der Waals surface area contributed by atoms with Crippen LogP contribution in [0, 0.1) is 12.3 Å².